The van der Waals surface area contributed by atoms with E-state index in [4.69, 9.17) is 5.73 Å². The van der Waals surface area contributed by atoms with E-state index in [-0.39, 0.29) is 11.4 Å². The quantitative estimate of drug-likeness (QED) is 0.873. The number of rotatable bonds is 5. The maximum atomic E-state index is 13.7. The topological polar surface area (TPSA) is 72.2 Å². The summed E-state index contributed by atoms with van der Waals surface area (Å²) in [6, 6.07) is 3.94. The number of sulfonamides is 1. The molecule has 0 aromatic heterocycles. The van der Waals surface area contributed by atoms with Crippen molar-refractivity contribution in [2.45, 2.75) is 37.6 Å². The second-order valence-corrected chi connectivity index (χ2v) is 7.22. The van der Waals surface area contributed by atoms with Gasteiger partial charge in [0.15, 0.2) is 0 Å². The maximum absolute atomic E-state index is 13.7. The molecule has 2 atom stereocenters. The molecule has 0 amide bonds. The smallest absolute Gasteiger partial charge is 0.243 e. The molecule has 3 N–H and O–H groups in total. The minimum atomic E-state index is -3.81. The van der Waals surface area contributed by atoms with Crippen LogP contribution in [0.4, 0.5) is 4.39 Å². The van der Waals surface area contributed by atoms with E-state index in [0.29, 0.717) is 23.9 Å². The second kappa shape index (κ2) is 6.20. The van der Waals surface area contributed by atoms with E-state index < -0.39 is 15.8 Å². The van der Waals surface area contributed by atoms with Crippen molar-refractivity contribution in [3.8, 4) is 0 Å². The molecule has 112 valence electrons. The SMILES string of the molecule is CC1CCCC1CNS(=O)(=O)c1cc(CN)ccc1F. The maximum Gasteiger partial charge on any atom is 0.243 e. The van der Waals surface area contributed by atoms with Gasteiger partial charge in [-0.3, -0.25) is 0 Å². The molecule has 1 aliphatic carbocycles. The zero-order valence-electron chi connectivity index (χ0n) is 11.6. The summed E-state index contributed by atoms with van der Waals surface area (Å²) in [5.41, 5.74) is 6.06. The van der Waals surface area contributed by atoms with Crippen LogP contribution in [0.5, 0.6) is 0 Å². The molecule has 1 aliphatic rings. The highest BCUT2D eigenvalue weighted by molar-refractivity contribution is 7.89. The molecule has 1 aromatic rings. The van der Waals surface area contributed by atoms with Crippen LogP contribution in [-0.4, -0.2) is 15.0 Å². The third-order valence-electron chi connectivity index (χ3n) is 4.10. The van der Waals surface area contributed by atoms with E-state index in [1.165, 1.54) is 12.1 Å². The van der Waals surface area contributed by atoms with Crippen LogP contribution in [0, 0.1) is 17.7 Å². The minimum absolute atomic E-state index is 0.183. The monoisotopic (exact) mass is 300 g/mol. The summed E-state index contributed by atoms with van der Waals surface area (Å²) >= 11 is 0. The van der Waals surface area contributed by atoms with Crippen molar-refractivity contribution in [2.24, 2.45) is 17.6 Å². The Labute approximate surface area is 119 Å². The number of nitrogens with one attached hydrogen (secondary N) is 1. The number of hydrogen-bond donors (Lipinski definition) is 2. The summed E-state index contributed by atoms with van der Waals surface area (Å²) in [7, 11) is -3.81. The van der Waals surface area contributed by atoms with Gasteiger partial charge in [0.25, 0.3) is 0 Å². The van der Waals surface area contributed by atoms with Crippen molar-refractivity contribution in [3.63, 3.8) is 0 Å². The van der Waals surface area contributed by atoms with Crippen molar-refractivity contribution in [1.82, 2.24) is 4.72 Å². The zero-order valence-corrected chi connectivity index (χ0v) is 12.4. The standard InChI is InChI=1S/C14H21FN2O2S/c1-10-3-2-4-12(10)9-17-20(18,19)14-7-11(8-16)5-6-13(14)15/h5-7,10,12,17H,2-4,8-9,16H2,1H3. The van der Waals surface area contributed by atoms with Crippen LogP contribution in [0.1, 0.15) is 31.7 Å². The van der Waals surface area contributed by atoms with Gasteiger partial charge in [0.2, 0.25) is 10.0 Å². The zero-order chi connectivity index (χ0) is 14.8. The van der Waals surface area contributed by atoms with Crippen molar-refractivity contribution in [3.05, 3.63) is 29.6 Å². The lowest BCUT2D eigenvalue weighted by Gasteiger charge is -2.16. The van der Waals surface area contributed by atoms with Gasteiger partial charge in [-0.1, -0.05) is 25.8 Å². The molecule has 6 heteroatoms. The summed E-state index contributed by atoms with van der Waals surface area (Å²) in [4.78, 5) is -0.314. The largest absolute Gasteiger partial charge is 0.326 e. The third kappa shape index (κ3) is 3.37. The van der Waals surface area contributed by atoms with E-state index in [1.807, 2.05) is 0 Å². The Hall–Kier alpha value is -0.980. The molecule has 20 heavy (non-hydrogen) atoms. The predicted octanol–water partition coefficient (Wildman–Crippen LogP) is 2.00. The van der Waals surface area contributed by atoms with E-state index in [0.717, 1.165) is 25.3 Å². The average Bonchev–Trinajstić information content (AvgIpc) is 2.82. The summed E-state index contributed by atoms with van der Waals surface area (Å²) in [6.07, 6.45) is 3.28. The number of hydrogen-bond acceptors (Lipinski definition) is 3. The lowest BCUT2D eigenvalue weighted by Crippen LogP contribution is -2.31. The number of benzene rings is 1. The van der Waals surface area contributed by atoms with Crippen LogP contribution >= 0.6 is 0 Å². The van der Waals surface area contributed by atoms with Gasteiger partial charge in [0.1, 0.15) is 10.7 Å². The molecule has 0 saturated heterocycles. The molecule has 0 heterocycles. The van der Waals surface area contributed by atoms with Crippen LogP contribution < -0.4 is 10.5 Å². The molecule has 0 radical (unpaired) electrons. The van der Waals surface area contributed by atoms with Crippen molar-refractivity contribution >= 4 is 10.0 Å². The summed E-state index contributed by atoms with van der Waals surface area (Å²) in [6.45, 7) is 2.68. The Morgan fingerprint density at radius 2 is 2.15 bits per heavy atom. The average molecular weight is 300 g/mol. The van der Waals surface area contributed by atoms with Gasteiger partial charge >= 0.3 is 0 Å². The highest BCUT2D eigenvalue weighted by Crippen LogP contribution is 2.30. The van der Waals surface area contributed by atoms with Gasteiger partial charge in [-0.15, -0.1) is 0 Å². The molecule has 1 saturated carbocycles. The van der Waals surface area contributed by atoms with Gasteiger partial charge in [-0.05, 0) is 36.0 Å². The number of halogens is 1. The Morgan fingerprint density at radius 3 is 2.75 bits per heavy atom. The van der Waals surface area contributed by atoms with Crippen LogP contribution in [0.15, 0.2) is 23.1 Å². The molecule has 2 rings (SSSR count). The van der Waals surface area contributed by atoms with Gasteiger partial charge in [-0.2, -0.15) is 0 Å². The molecular weight excluding hydrogens is 279 g/mol. The fraction of sp³-hybridized carbons (Fsp3) is 0.571. The molecule has 4 nitrogen and oxygen atoms in total. The van der Waals surface area contributed by atoms with E-state index in [2.05, 4.69) is 11.6 Å². The Balaban J connectivity index is 2.13. The highest BCUT2D eigenvalue weighted by Gasteiger charge is 2.26. The normalized spacial score (nSPS) is 23.1. The van der Waals surface area contributed by atoms with Gasteiger partial charge in [0.05, 0.1) is 0 Å². The molecular formula is C14H21FN2O2S. The lowest BCUT2D eigenvalue weighted by atomic mass is 9.99. The predicted molar refractivity (Wildman–Crippen MR) is 76.0 cm³/mol. The van der Waals surface area contributed by atoms with Gasteiger partial charge in [0, 0.05) is 13.1 Å². The molecule has 0 spiro atoms. The van der Waals surface area contributed by atoms with Crippen LogP contribution in [-0.2, 0) is 16.6 Å². The summed E-state index contributed by atoms with van der Waals surface area (Å²) < 4.78 is 40.6. The molecule has 0 aliphatic heterocycles. The van der Waals surface area contributed by atoms with E-state index in [1.54, 1.807) is 0 Å². The molecule has 1 aromatic carbocycles. The number of nitrogens with two attached hydrogens (primary N) is 1. The minimum Gasteiger partial charge on any atom is -0.326 e. The Bertz CT molecular complexity index is 575. The van der Waals surface area contributed by atoms with E-state index >= 15 is 0 Å². The molecule has 2 unspecified atom stereocenters. The second-order valence-electron chi connectivity index (χ2n) is 5.49. The molecule has 1 fully saturated rings. The fourth-order valence-electron chi connectivity index (χ4n) is 2.70. The summed E-state index contributed by atoms with van der Waals surface area (Å²) in [5.74, 6) is 0.109. The van der Waals surface area contributed by atoms with Gasteiger partial charge < -0.3 is 5.73 Å². The first-order valence-corrected chi connectivity index (χ1v) is 8.40. The fourth-order valence-corrected chi connectivity index (χ4v) is 3.92. The van der Waals surface area contributed by atoms with Crippen molar-refractivity contribution in [1.29, 1.82) is 0 Å². The first-order chi connectivity index (χ1) is 9.44. The highest BCUT2D eigenvalue weighted by atomic mass is 32.2. The molecule has 0 bridgehead atoms. The Kier molecular flexibility index (Phi) is 4.78. The van der Waals surface area contributed by atoms with Crippen LogP contribution in [0.3, 0.4) is 0 Å². The third-order valence-corrected chi connectivity index (χ3v) is 5.53. The van der Waals surface area contributed by atoms with E-state index in [9.17, 15) is 12.8 Å². The first-order valence-electron chi connectivity index (χ1n) is 6.92. The lowest BCUT2D eigenvalue weighted by molar-refractivity contribution is 0.414. The summed E-state index contributed by atoms with van der Waals surface area (Å²) in [5, 5.41) is 0. The first kappa shape index (κ1) is 15.4. The van der Waals surface area contributed by atoms with Crippen LogP contribution in [0.25, 0.3) is 0 Å². The van der Waals surface area contributed by atoms with Crippen LogP contribution in [0.2, 0.25) is 0 Å². The Morgan fingerprint density at radius 1 is 1.40 bits per heavy atom. The van der Waals surface area contributed by atoms with Crippen molar-refractivity contribution < 1.29 is 12.8 Å². The van der Waals surface area contributed by atoms with Crippen molar-refractivity contribution in [2.75, 3.05) is 6.54 Å². The van der Waals surface area contributed by atoms with Gasteiger partial charge in [-0.25, -0.2) is 17.5 Å².